The molecule has 0 spiro atoms. The summed E-state index contributed by atoms with van der Waals surface area (Å²) >= 11 is 1.50. The molecule has 0 bridgehead atoms. The predicted octanol–water partition coefficient (Wildman–Crippen LogP) is 3.91. The van der Waals surface area contributed by atoms with Crippen molar-refractivity contribution in [3.63, 3.8) is 0 Å². The van der Waals surface area contributed by atoms with Crippen LogP contribution in [0.1, 0.15) is 39.8 Å². The quantitative estimate of drug-likeness (QED) is 0.656. The summed E-state index contributed by atoms with van der Waals surface area (Å²) < 4.78 is 1.97. The van der Waals surface area contributed by atoms with Crippen LogP contribution in [0.25, 0.3) is 0 Å². The Hall–Kier alpha value is -3.06. The van der Waals surface area contributed by atoms with E-state index in [1.165, 1.54) is 17.3 Å². The van der Waals surface area contributed by atoms with Crippen LogP contribution in [-0.4, -0.2) is 26.8 Å². The molecule has 2 heterocycles. The Morgan fingerprint density at radius 3 is 2.73 bits per heavy atom. The van der Waals surface area contributed by atoms with Crippen LogP contribution in [0.15, 0.2) is 53.4 Å². The van der Waals surface area contributed by atoms with E-state index in [1.807, 2.05) is 49.7 Å². The Morgan fingerprint density at radius 2 is 1.97 bits per heavy atom. The number of aromatic nitrogens is 2. The van der Waals surface area contributed by atoms with Gasteiger partial charge in [0.2, 0.25) is 5.91 Å². The minimum absolute atomic E-state index is 0.0397. The maximum atomic E-state index is 12.7. The van der Waals surface area contributed by atoms with Gasteiger partial charge in [0, 0.05) is 28.3 Å². The minimum Gasteiger partial charge on any atom is -0.348 e. The third kappa shape index (κ3) is 4.11. The summed E-state index contributed by atoms with van der Waals surface area (Å²) in [5, 5.41) is 10.4. The lowest BCUT2D eigenvalue weighted by atomic mass is 10.1. The number of carbonyl (C=O) groups excluding carboxylic acids is 2. The van der Waals surface area contributed by atoms with E-state index < -0.39 is 0 Å². The molecule has 1 aliphatic rings. The van der Waals surface area contributed by atoms with Crippen molar-refractivity contribution in [2.24, 2.45) is 0 Å². The number of benzene rings is 2. The van der Waals surface area contributed by atoms with E-state index in [1.54, 1.807) is 12.1 Å². The number of carbonyl (C=O) groups is 2. The monoisotopic (exact) mass is 420 g/mol. The molecule has 154 valence electrons. The number of rotatable bonds is 5. The van der Waals surface area contributed by atoms with Gasteiger partial charge >= 0.3 is 0 Å². The fourth-order valence-corrected chi connectivity index (χ4v) is 4.45. The smallest absolute Gasteiger partial charge is 0.251 e. The summed E-state index contributed by atoms with van der Waals surface area (Å²) in [6.45, 7) is 6.95. The van der Waals surface area contributed by atoms with Crippen molar-refractivity contribution >= 4 is 29.3 Å². The molecule has 0 saturated carbocycles. The van der Waals surface area contributed by atoms with Gasteiger partial charge in [-0.3, -0.25) is 14.3 Å². The van der Waals surface area contributed by atoms with Crippen molar-refractivity contribution in [2.45, 2.75) is 44.0 Å². The van der Waals surface area contributed by atoms with E-state index in [2.05, 4.69) is 27.9 Å². The van der Waals surface area contributed by atoms with Crippen LogP contribution in [-0.2, 0) is 17.9 Å². The molecular weight excluding hydrogens is 396 g/mol. The van der Waals surface area contributed by atoms with E-state index in [4.69, 9.17) is 0 Å². The van der Waals surface area contributed by atoms with Gasteiger partial charge < -0.3 is 10.6 Å². The van der Waals surface area contributed by atoms with E-state index in [-0.39, 0.29) is 17.1 Å². The maximum absolute atomic E-state index is 12.7. The zero-order valence-electron chi connectivity index (χ0n) is 17.2. The number of aryl methyl sites for hydroxylation is 1. The summed E-state index contributed by atoms with van der Waals surface area (Å²) in [4.78, 5) is 25.6. The first-order valence-electron chi connectivity index (χ1n) is 9.89. The molecule has 1 aromatic heterocycles. The van der Waals surface area contributed by atoms with Gasteiger partial charge in [0.1, 0.15) is 0 Å². The fraction of sp³-hybridized carbons (Fsp3) is 0.261. The summed E-state index contributed by atoms with van der Waals surface area (Å²) in [5.74, 6) is -0.215. The lowest BCUT2D eigenvalue weighted by Gasteiger charge is -2.21. The van der Waals surface area contributed by atoms with Crippen molar-refractivity contribution in [3.8, 4) is 0 Å². The first-order valence-corrected chi connectivity index (χ1v) is 10.8. The number of nitrogens with zero attached hydrogens (tertiary/aromatic N) is 2. The van der Waals surface area contributed by atoms with Gasteiger partial charge in [-0.25, -0.2) is 0 Å². The predicted molar refractivity (Wildman–Crippen MR) is 119 cm³/mol. The highest BCUT2D eigenvalue weighted by atomic mass is 32.2. The van der Waals surface area contributed by atoms with E-state index in [9.17, 15) is 9.59 Å². The molecule has 6 nitrogen and oxygen atoms in total. The normalized spacial score (nSPS) is 15.4. The van der Waals surface area contributed by atoms with Crippen LogP contribution < -0.4 is 10.6 Å². The van der Waals surface area contributed by atoms with E-state index in [0.717, 1.165) is 21.8 Å². The second kappa shape index (κ2) is 8.36. The Bertz CT molecular complexity index is 1110. The first-order chi connectivity index (χ1) is 14.4. The topological polar surface area (TPSA) is 76.0 Å². The highest BCUT2D eigenvalue weighted by Gasteiger charge is 2.24. The van der Waals surface area contributed by atoms with Crippen molar-refractivity contribution in [1.29, 1.82) is 0 Å². The lowest BCUT2D eigenvalue weighted by Crippen LogP contribution is -2.27. The number of amides is 2. The Balaban J connectivity index is 1.46. The molecule has 1 unspecified atom stereocenters. The highest BCUT2D eigenvalue weighted by Crippen LogP contribution is 2.35. The van der Waals surface area contributed by atoms with Crippen LogP contribution in [0, 0.1) is 13.8 Å². The van der Waals surface area contributed by atoms with Crippen LogP contribution >= 0.6 is 11.8 Å². The summed E-state index contributed by atoms with van der Waals surface area (Å²) in [6, 6.07) is 15.6. The van der Waals surface area contributed by atoms with Crippen molar-refractivity contribution in [1.82, 2.24) is 15.1 Å². The zero-order chi connectivity index (χ0) is 21.3. The molecule has 3 aromatic rings. The third-order valence-corrected chi connectivity index (χ3v) is 6.48. The largest absolute Gasteiger partial charge is 0.348 e. The van der Waals surface area contributed by atoms with Crippen molar-refractivity contribution in [3.05, 3.63) is 76.6 Å². The third-order valence-electron chi connectivity index (χ3n) is 5.30. The van der Waals surface area contributed by atoms with Crippen molar-refractivity contribution in [2.75, 3.05) is 5.32 Å². The molecule has 4 rings (SSSR count). The van der Waals surface area contributed by atoms with Gasteiger partial charge in [-0.1, -0.05) is 30.3 Å². The molecule has 1 aliphatic heterocycles. The summed E-state index contributed by atoms with van der Waals surface area (Å²) in [7, 11) is 0. The standard InChI is InChI=1S/C23H24N4O2S/c1-14-19(15(2)27(26-14)13-17-7-5-4-6-8-17)12-24-23(29)18-9-10-21-20(11-18)25-22(28)16(3)30-21/h4-11,16H,12-13H2,1-3H3,(H,24,29)(H,25,28). The van der Waals surface area contributed by atoms with Crippen LogP contribution in [0.4, 0.5) is 5.69 Å². The molecule has 0 radical (unpaired) electrons. The molecule has 2 N–H and O–H groups in total. The number of fused-ring (bicyclic) bond motifs is 1. The van der Waals surface area contributed by atoms with E-state index in [0.29, 0.717) is 24.3 Å². The number of nitrogens with one attached hydrogen (secondary N) is 2. The van der Waals surface area contributed by atoms with Gasteiger partial charge in [-0.15, -0.1) is 11.8 Å². The molecular formula is C23H24N4O2S. The van der Waals surface area contributed by atoms with Gasteiger partial charge in [0.25, 0.3) is 5.91 Å². The molecule has 0 aliphatic carbocycles. The Morgan fingerprint density at radius 1 is 1.20 bits per heavy atom. The molecule has 0 fully saturated rings. The maximum Gasteiger partial charge on any atom is 0.251 e. The van der Waals surface area contributed by atoms with Crippen LogP contribution in [0.2, 0.25) is 0 Å². The zero-order valence-corrected chi connectivity index (χ0v) is 18.0. The molecule has 0 saturated heterocycles. The van der Waals surface area contributed by atoms with Gasteiger partial charge in [-0.2, -0.15) is 5.10 Å². The number of thioether (sulfide) groups is 1. The SMILES string of the molecule is Cc1nn(Cc2ccccc2)c(C)c1CNC(=O)c1ccc2c(c1)NC(=O)C(C)S2. The van der Waals surface area contributed by atoms with Gasteiger partial charge in [0.05, 0.1) is 23.2 Å². The van der Waals surface area contributed by atoms with Crippen LogP contribution in [0.3, 0.4) is 0 Å². The molecule has 7 heteroatoms. The average Bonchev–Trinajstić information content (AvgIpc) is 3.00. The van der Waals surface area contributed by atoms with E-state index >= 15 is 0 Å². The average molecular weight is 421 g/mol. The first kappa shape index (κ1) is 20.2. The number of hydrogen-bond acceptors (Lipinski definition) is 4. The van der Waals surface area contributed by atoms with Gasteiger partial charge in [-0.05, 0) is 44.5 Å². The summed E-state index contributed by atoms with van der Waals surface area (Å²) in [6.07, 6.45) is 0. The van der Waals surface area contributed by atoms with Crippen LogP contribution in [0.5, 0.6) is 0 Å². The number of hydrogen-bond donors (Lipinski definition) is 2. The molecule has 30 heavy (non-hydrogen) atoms. The second-order valence-electron chi connectivity index (χ2n) is 7.44. The molecule has 1 atom stereocenters. The van der Waals surface area contributed by atoms with Crippen molar-refractivity contribution < 1.29 is 9.59 Å². The fourth-order valence-electron chi connectivity index (χ4n) is 3.52. The second-order valence-corrected chi connectivity index (χ2v) is 8.82. The van der Waals surface area contributed by atoms with Gasteiger partial charge in [0.15, 0.2) is 0 Å². The molecule has 2 aromatic carbocycles. The molecule has 2 amide bonds. The summed E-state index contributed by atoms with van der Waals surface area (Å²) in [5.41, 5.74) is 5.37. The highest BCUT2D eigenvalue weighted by molar-refractivity contribution is 8.00. The number of anilines is 1. The Kier molecular flexibility index (Phi) is 5.63. The minimum atomic E-state index is -0.176. The Labute approximate surface area is 180 Å². The lowest BCUT2D eigenvalue weighted by molar-refractivity contribution is -0.115.